The number of nitrogens with one attached hydrogen (secondary N) is 4. The molecule has 4 N–H and O–H groups in total. The lowest BCUT2D eigenvalue weighted by Crippen LogP contribution is -2.41. The minimum Gasteiger partial charge on any atom is -0.351 e. The van der Waals surface area contributed by atoms with Crippen molar-refractivity contribution in [2.45, 2.75) is 33.4 Å². The highest BCUT2D eigenvalue weighted by Crippen LogP contribution is 2.31. The molecule has 0 fully saturated rings. The summed E-state index contributed by atoms with van der Waals surface area (Å²) in [5.74, 6) is -3.56. The van der Waals surface area contributed by atoms with Crippen molar-refractivity contribution in [2.24, 2.45) is 22.0 Å². The molecule has 0 spiro atoms. The van der Waals surface area contributed by atoms with Gasteiger partial charge < -0.3 is 10.6 Å². The topological polar surface area (TPSA) is 280 Å². The molecule has 0 aliphatic carbocycles. The van der Waals surface area contributed by atoms with Crippen molar-refractivity contribution >= 4 is 57.4 Å². The van der Waals surface area contributed by atoms with E-state index in [4.69, 9.17) is 0 Å². The average Bonchev–Trinajstić information content (AvgIpc) is 3.18. The summed E-state index contributed by atoms with van der Waals surface area (Å²) in [6.45, 7) is 3.07. The maximum absolute atomic E-state index is 13.9. The van der Waals surface area contributed by atoms with Crippen molar-refractivity contribution in [2.75, 3.05) is 10.9 Å². The molecular weight excluding hydrogens is 720 g/mol. The van der Waals surface area contributed by atoms with Crippen LogP contribution in [-0.4, -0.2) is 42.9 Å². The molecule has 0 radical (unpaired) electrons. The molecule has 4 aromatic rings. The number of nitro benzene ring substituents is 4. The van der Waals surface area contributed by atoms with Crippen molar-refractivity contribution in [3.8, 4) is 0 Å². The Balaban J connectivity index is 1.72. The van der Waals surface area contributed by atoms with Crippen LogP contribution >= 0.6 is 0 Å². The fourth-order valence-electron chi connectivity index (χ4n) is 5.20. The Hall–Kier alpha value is -7.64. The lowest BCUT2D eigenvalue weighted by molar-refractivity contribution is -0.393. The molecule has 4 aromatic carbocycles. The first-order chi connectivity index (χ1) is 26.2. The average molecular weight is 755 g/mol. The highest BCUT2D eigenvalue weighted by Gasteiger charge is 2.32. The summed E-state index contributed by atoms with van der Waals surface area (Å²) in [4.78, 5) is 70.4. The van der Waals surface area contributed by atoms with Crippen molar-refractivity contribution in [3.63, 3.8) is 0 Å². The number of carbonyl (C=O) groups excluding carboxylic acids is 2. The van der Waals surface area contributed by atoms with Crippen LogP contribution in [0.15, 0.2) is 107 Å². The van der Waals surface area contributed by atoms with Crippen molar-refractivity contribution < 1.29 is 29.3 Å². The molecule has 55 heavy (non-hydrogen) atoms. The Morgan fingerprint density at radius 2 is 0.927 bits per heavy atom. The van der Waals surface area contributed by atoms with Gasteiger partial charge in [-0.3, -0.25) is 60.9 Å². The van der Waals surface area contributed by atoms with E-state index in [0.29, 0.717) is 0 Å². The number of anilines is 2. The van der Waals surface area contributed by atoms with Crippen LogP contribution in [0, 0.1) is 52.3 Å². The number of carbonyl (C=O) groups is 2. The molecule has 0 unspecified atom stereocenters. The van der Waals surface area contributed by atoms with Gasteiger partial charge in [0.25, 0.3) is 11.4 Å². The molecule has 0 saturated carbocycles. The number of amides is 2. The maximum atomic E-state index is 13.9. The molecule has 4 rings (SSSR count). The number of hydrogen-bond acceptors (Lipinski definition) is 14. The van der Waals surface area contributed by atoms with Gasteiger partial charge >= 0.3 is 11.4 Å². The highest BCUT2D eigenvalue weighted by molar-refractivity contribution is 6.07. The normalized spacial score (nSPS) is 12.5. The number of nitro groups is 4. The van der Waals surface area contributed by atoms with E-state index < -0.39 is 66.1 Å². The Kier molecular flexibility index (Phi) is 13.7. The summed E-state index contributed by atoms with van der Waals surface area (Å²) in [7, 11) is 0. The number of non-ortho nitro benzene ring substituents is 2. The Labute approximate surface area is 311 Å². The number of rotatable bonds is 18. The third-order valence-corrected chi connectivity index (χ3v) is 8.22. The van der Waals surface area contributed by atoms with Crippen LogP contribution in [0.25, 0.3) is 0 Å². The molecule has 0 aromatic heterocycles. The number of benzene rings is 4. The number of nitrogens with zero attached hydrogens (tertiary/aromatic N) is 6. The van der Waals surface area contributed by atoms with Crippen LogP contribution in [0.4, 0.5) is 34.1 Å². The third kappa shape index (κ3) is 11.2. The molecule has 0 bridgehead atoms. The quantitative estimate of drug-likeness (QED) is 0.0529. The summed E-state index contributed by atoms with van der Waals surface area (Å²) in [6.07, 6.45) is -0.278. The van der Waals surface area contributed by atoms with Gasteiger partial charge in [0, 0.05) is 36.6 Å². The fraction of sp³-hybridized carbons (Fsp3) is 0.200. The van der Waals surface area contributed by atoms with Gasteiger partial charge in [0.05, 0.1) is 43.7 Å². The van der Waals surface area contributed by atoms with E-state index in [1.807, 2.05) is 0 Å². The molecule has 0 aliphatic rings. The highest BCUT2D eigenvalue weighted by atomic mass is 16.6. The lowest BCUT2D eigenvalue weighted by atomic mass is 9.87. The lowest BCUT2D eigenvalue weighted by Gasteiger charge is -2.23. The molecule has 0 saturated heterocycles. The van der Waals surface area contributed by atoms with E-state index in [0.717, 1.165) is 47.5 Å². The van der Waals surface area contributed by atoms with Crippen LogP contribution < -0.4 is 21.5 Å². The third-order valence-electron chi connectivity index (χ3n) is 8.22. The van der Waals surface area contributed by atoms with E-state index in [2.05, 4.69) is 31.7 Å². The van der Waals surface area contributed by atoms with Gasteiger partial charge in [-0.05, 0) is 43.5 Å². The van der Waals surface area contributed by atoms with E-state index in [1.165, 1.54) is 13.8 Å². The summed E-state index contributed by atoms with van der Waals surface area (Å²) < 4.78 is 0. The van der Waals surface area contributed by atoms with Crippen LogP contribution in [0.2, 0.25) is 0 Å². The van der Waals surface area contributed by atoms with Gasteiger partial charge in [-0.25, -0.2) is 0 Å². The first kappa shape index (κ1) is 40.1. The predicted octanol–water partition coefficient (Wildman–Crippen LogP) is 5.85. The molecule has 0 heterocycles. The van der Waals surface area contributed by atoms with Crippen molar-refractivity contribution in [1.29, 1.82) is 0 Å². The molecule has 20 heteroatoms. The zero-order chi connectivity index (χ0) is 40.1. The van der Waals surface area contributed by atoms with Gasteiger partial charge in [-0.1, -0.05) is 60.7 Å². The molecule has 2 amide bonds. The summed E-state index contributed by atoms with van der Waals surface area (Å²) >= 11 is 0. The van der Waals surface area contributed by atoms with Gasteiger partial charge in [0.1, 0.15) is 11.4 Å². The van der Waals surface area contributed by atoms with Crippen LogP contribution in [0.5, 0.6) is 0 Å². The largest absolute Gasteiger partial charge is 0.351 e. The molecular formula is C35H34N10O10. The summed E-state index contributed by atoms with van der Waals surface area (Å²) in [6, 6.07) is 23.6. The first-order valence-corrected chi connectivity index (χ1v) is 16.3. The predicted molar refractivity (Wildman–Crippen MR) is 201 cm³/mol. The molecule has 20 nitrogen and oxygen atoms in total. The van der Waals surface area contributed by atoms with E-state index >= 15 is 0 Å². The van der Waals surface area contributed by atoms with Gasteiger partial charge in [0.2, 0.25) is 11.8 Å². The van der Waals surface area contributed by atoms with E-state index in [9.17, 15) is 50.0 Å². The maximum Gasteiger partial charge on any atom is 0.301 e. The molecule has 284 valence electrons. The minimum atomic E-state index is -1.19. The van der Waals surface area contributed by atoms with Crippen LogP contribution in [0.3, 0.4) is 0 Å². The second-order valence-electron chi connectivity index (χ2n) is 11.9. The Morgan fingerprint density at radius 3 is 1.25 bits per heavy atom. The summed E-state index contributed by atoms with van der Waals surface area (Å²) in [5.41, 5.74) is 3.90. The zero-order valence-corrected chi connectivity index (χ0v) is 29.3. The standard InChI is InChI=1S/C35H34N10O10/c1-22(38-40-30-15-13-26(42(48)49)17-32(30)44(52)53)28(34(46)36-20-24-9-5-3-6-10-24)19-29(35(47)37-21-25-11-7-4-8-12-25)23(2)39-41-31-16-14-27(43(50)51)18-33(31)45(54)55/h3-18,28-29,40-41H,19-21H2,1-2H3,(H,36,46)(H,37,47)/b38-22+,39-23+/t28-,29+. The van der Waals surface area contributed by atoms with Crippen LogP contribution in [-0.2, 0) is 22.7 Å². The van der Waals surface area contributed by atoms with Crippen LogP contribution in [0.1, 0.15) is 31.4 Å². The van der Waals surface area contributed by atoms with Crippen molar-refractivity contribution in [3.05, 3.63) is 149 Å². The monoisotopic (exact) mass is 754 g/mol. The number of hydrazone groups is 2. The zero-order valence-electron chi connectivity index (χ0n) is 29.3. The minimum absolute atomic E-state index is 0.0610. The van der Waals surface area contributed by atoms with Crippen molar-refractivity contribution in [1.82, 2.24) is 10.6 Å². The second-order valence-corrected chi connectivity index (χ2v) is 11.9. The number of hydrogen-bond donors (Lipinski definition) is 4. The Morgan fingerprint density at radius 1 is 0.564 bits per heavy atom. The van der Waals surface area contributed by atoms with Gasteiger partial charge in [0.15, 0.2) is 0 Å². The first-order valence-electron chi connectivity index (χ1n) is 16.3. The van der Waals surface area contributed by atoms with Gasteiger partial charge in [-0.15, -0.1) is 0 Å². The van der Waals surface area contributed by atoms with E-state index in [-0.39, 0.29) is 42.3 Å². The smallest absolute Gasteiger partial charge is 0.301 e. The summed E-state index contributed by atoms with van der Waals surface area (Å²) in [5, 5.41) is 60.0. The Bertz CT molecular complexity index is 2000. The second kappa shape index (κ2) is 18.7. The fourth-order valence-corrected chi connectivity index (χ4v) is 5.20. The van der Waals surface area contributed by atoms with Gasteiger partial charge in [-0.2, -0.15) is 10.2 Å². The van der Waals surface area contributed by atoms with E-state index in [1.54, 1.807) is 60.7 Å². The SMILES string of the molecule is C/C(=N\Nc1ccc([N+](=O)[O-])cc1[N+](=O)[O-])[C@H](C[C@@H](C(=O)NCc1ccccc1)/C(C)=N/Nc1ccc([N+](=O)[O-])cc1[N+](=O)[O-])C(=O)NCc1ccccc1. The molecule has 0 aliphatic heterocycles. The molecule has 2 atom stereocenters.